The average Bonchev–Trinajstić information content (AvgIpc) is 2.45. The van der Waals surface area contributed by atoms with E-state index in [-0.39, 0.29) is 5.91 Å². The highest BCUT2D eigenvalue weighted by Gasteiger charge is 2.17. The fourth-order valence-electron chi connectivity index (χ4n) is 2.17. The molecule has 116 valence electrons. The Morgan fingerprint density at radius 3 is 1.95 bits per heavy atom. The zero-order valence-corrected chi connectivity index (χ0v) is 13.3. The second kappa shape index (κ2) is 7.67. The first kappa shape index (κ1) is 17.0. The Morgan fingerprint density at radius 1 is 1.00 bits per heavy atom. The summed E-state index contributed by atoms with van der Waals surface area (Å²) >= 11 is 0. The fourth-order valence-corrected chi connectivity index (χ4v) is 2.17. The Balaban J connectivity index is 3.20. The number of carbonyl (C=O) groups is 2. The van der Waals surface area contributed by atoms with Gasteiger partial charge in [0.2, 0.25) is 5.91 Å². The first-order chi connectivity index (χ1) is 9.90. The molecule has 1 aromatic rings. The molecule has 1 rings (SSSR count). The molecular weight excluding hydrogens is 266 g/mol. The summed E-state index contributed by atoms with van der Waals surface area (Å²) in [5.74, 6) is -0.574. The molecule has 21 heavy (non-hydrogen) atoms. The Hall–Kier alpha value is -2.04. The van der Waals surface area contributed by atoms with Crippen LogP contribution < -0.4 is 10.6 Å². The zero-order chi connectivity index (χ0) is 16.0. The molecule has 0 spiro atoms. The molecule has 0 fully saturated rings. The summed E-state index contributed by atoms with van der Waals surface area (Å²) in [5, 5.41) is 0. The Bertz CT molecular complexity index is 506. The van der Waals surface area contributed by atoms with Crippen molar-refractivity contribution in [2.45, 2.75) is 26.7 Å². The van der Waals surface area contributed by atoms with Crippen LogP contribution in [0.2, 0.25) is 0 Å². The van der Waals surface area contributed by atoms with E-state index in [4.69, 9.17) is 5.73 Å². The predicted molar refractivity (Wildman–Crippen MR) is 85.8 cm³/mol. The van der Waals surface area contributed by atoms with Crippen molar-refractivity contribution in [2.75, 3.05) is 32.1 Å². The van der Waals surface area contributed by atoms with Gasteiger partial charge in [0, 0.05) is 44.0 Å². The van der Waals surface area contributed by atoms with Crippen LogP contribution in [0.1, 0.15) is 47.4 Å². The predicted octanol–water partition coefficient (Wildman–Crippen LogP) is 2.11. The SMILES string of the molecule is CCCN(CCC)C(=O)c1cc(C(N)=O)cc(N(C)C)c1. The van der Waals surface area contributed by atoms with Crippen LogP contribution in [0.5, 0.6) is 0 Å². The van der Waals surface area contributed by atoms with Gasteiger partial charge in [0.05, 0.1) is 0 Å². The van der Waals surface area contributed by atoms with E-state index in [1.165, 1.54) is 0 Å². The summed E-state index contributed by atoms with van der Waals surface area (Å²) in [4.78, 5) is 27.8. The highest BCUT2D eigenvalue weighted by Crippen LogP contribution is 2.19. The molecule has 0 radical (unpaired) electrons. The first-order valence-electron chi connectivity index (χ1n) is 7.32. The van der Waals surface area contributed by atoms with Gasteiger partial charge < -0.3 is 15.5 Å². The highest BCUT2D eigenvalue weighted by molar-refractivity contribution is 6.00. The maximum atomic E-state index is 12.6. The molecule has 0 heterocycles. The Kier molecular flexibility index (Phi) is 6.21. The van der Waals surface area contributed by atoms with Crippen molar-refractivity contribution in [3.05, 3.63) is 29.3 Å². The summed E-state index contributed by atoms with van der Waals surface area (Å²) < 4.78 is 0. The average molecular weight is 291 g/mol. The topological polar surface area (TPSA) is 66.6 Å². The normalized spacial score (nSPS) is 10.3. The van der Waals surface area contributed by atoms with Gasteiger partial charge in [0.25, 0.3) is 5.91 Å². The van der Waals surface area contributed by atoms with Crippen molar-refractivity contribution in [3.8, 4) is 0 Å². The number of hydrogen-bond acceptors (Lipinski definition) is 3. The maximum Gasteiger partial charge on any atom is 0.253 e. The third kappa shape index (κ3) is 4.48. The van der Waals surface area contributed by atoms with Crippen molar-refractivity contribution in [2.24, 2.45) is 5.73 Å². The van der Waals surface area contributed by atoms with Crippen LogP contribution in [0.3, 0.4) is 0 Å². The molecule has 0 saturated heterocycles. The smallest absolute Gasteiger partial charge is 0.253 e. The highest BCUT2D eigenvalue weighted by atomic mass is 16.2. The maximum absolute atomic E-state index is 12.6. The van der Waals surface area contributed by atoms with Gasteiger partial charge in [-0.05, 0) is 31.0 Å². The number of carbonyl (C=O) groups excluding carboxylic acids is 2. The standard InChI is InChI=1S/C16H25N3O2/c1-5-7-19(8-6-2)16(21)13-9-12(15(17)20)10-14(11-13)18(3)4/h9-11H,5-8H2,1-4H3,(H2,17,20). The number of rotatable bonds is 7. The van der Waals surface area contributed by atoms with Crippen LogP contribution in [0.25, 0.3) is 0 Å². The van der Waals surface area contributed by atoms with Gasteiger partial charge in [0.1, 0.15) is 0 Å². The van der Waals surface area contributed by atoms with Crippen LogP contribution in [0.4, 0.5) is 5.69 Å². The molecule has 1 aromatic carbocycles. The van der Waals surface area contributed by atoms with Gasteiger partial charge in [-0.3, -0.25) is 9.59 Å². The minimum Gasteiger partial charge on any atom is -0.378 e. The van der Waals surface area contributed by atoms with Gasteiger partial charge in [-0.15, -0.1) is 0 Å². The summed E-state index contributed by atoms with van der Waals surface area (Å²) in [6.45, 7) is 5.51. The van der Waals surface area contributed by atoms with Crippen molar-refractivity contribution < 1.29 is 9.59 Å². The summed E-state index contributed by atoms with van der Waals surface area (Å²) in [6, 6.07) is 5.08. The number of nitrogens with zero attached hydrogens (tertiary/aromatic N) is 2. The largest absolute Gasteiger partial charge is 0.378 e. The van der Waals surface area contributed by atoms with Crippen molar-refractivity contribution >= 4 is 17.5 Å². The number of nitrogens with two attached hydrogens (primary N) is 1. The molecule has 0 aromatic heterocycles. The lowest BCUT2D eigenvalue weighted by Crippen LogP contribution is -2.32. The molecule has 0 unspecified atom stereocenters. The van der Waals surface area contributed by atoms with Gasteiger partial charge in [0.15, 0.2) is 0 Å². The quantitative estimate of drug-likeness (QED) is 0.836. The molecule has 0 saturated carbocycles. The molecule has 2 N–H and O–H groups in total. The van der Waals surface area contributed by atoms with E-state index in [0.717, 1.165) is 18.5 Å². The van der Waals surface area contributed by atoms with Gasteiger partial charge in [-0.25, -0.2) is 0 Å². The number of hydrogen-bond donors (Lipinski definition) is 1. The number of benzene rings is 1. The van der Waals surface area contributed by atoms with Crippen LogP contribution >= 0.6 is 0 Å². The molecular formula is C16H25N3O2. The molecule has 2 amide bonds. The van der Waals surface area contributed by atoms with E-state index >= 15 is 0 Å². The minimum atomic E-state index is -0.523. The van der Waals surface area contributed by atoms with Crippen LogP contribution in [-0.2, 0) is 0 Å². The van der Waals surface area contributed by atoms with Gasteiger partial charge >= 0.3 is 0 Å². The molecule has 0 atom stereocenters. The second-order valence-electron chi connectivity index (χ2n) is 5.32. The number of amides is 2. The van der Waals surface area contributed by atoms with E-state index in [0.29, 0.717) is 24.2 Å². The molecule has 0 aliphatic carbocycles. The lowest BCUT2D eigenvalue weighted by atomic mass is 10.1. The fraction of sp³-hybridized carbons (Fsp3) is 0.500. The molecule has 0 aliphatic rings. The van der Waals surface area contributed by atoms with Crippen molar-refractivity contribution in [1.82, 2.24) is 4.90 Å². The molecule has 0 bridgehead atoms. The van der Waals surface area contributed by atoms with Crippen molar-refractivity contribution in [3.63, 3.8) is 0 Å². The molecule has 0 aliphatic heterocycles. The third-order valence-corrected chi connectivity index (χ3v) is 3.24. The van der Waals surface area contributed by atoms with E-state index in [2.05, 4.69) is 0 Å². The second-order valence-corrected chi connectivity index (χ2v) is 5.32. The molecule has 5 heteroatoms. The van der Waals surface area contributed by atoms with Gasteiger partial charge in [-0.1, -0.05) is 13.8 Å². The summed E-state index contributed by atoms with van der Waals surface area (Å²) in [7, 11) is 3.73. The third-order valence-electron chi connectivity index (χ3n) is 3.24. The molecule has 5 nitrogen and oxygen atoms in total. The number of anilines is 1. The van der Waals surface area contributed by atoms with E-state index in [9.17, 15) is 9.59 Å². The van der Waals surface area contributed by atoms with E-state index < -0.39 is 5.91 Å². The lowest BCUT2D eigenvalue weighted by molar-refractivity contribution is 0.0755. The zero-order valence-electron chi connectivity index (χ0n) is 13.3. The van der Waals surface area contributed by atoms with Crippen molar-refractivity contribution in [1.29, 1.82) is 0 Å². The summed E-state index contributed by atoms with van der Waals surface area (Å²) in [5.41, 5.74) is 7.03. The summed E-state index contributed by atoms with van der Waals surface area (Å²) in [6.07, 6.45) is 1.81. The Morgan fingerprint density at radius 2 is 1.52 bits per heavy atom. The Labute approximate surface area is 126 Å². The monoisotopic (exact) mass is 291 g/mol. The van der Waals surface area contributed by atoms with Gasteiger partial charge in [-0.2, -0.15) is 0 Å². The van der Waals surface area contributed by atoms with E-state index in [1.807, 2.05) is 37.7 Å². The van der Waals surface area contributed by atoms with Crippen LogP contribution in [-0.4, -0.2) is 43.9 Å². The number of primary amides is 1. The lowest BCUT2D eigenvalue weighted by Gasteiger charge is -2.23. The minimum absolute atomic E-state index is 0.0510. The van der Waals surface area contributed by atoms with Crippen LogP contribution in [0, 0.1) is 0 Å². The van der Waals surface area contributed by atoms with Crippen LogP contribution in [0.15, 0.2) is 18.2 Å². The first-order valence-corrected chi connectivity index (χ1v) is 7.32. The van der Waals surface area contributed by atoms with E-state index in [1.54, 1.807) is 18.2 Å².